The second-order valence-electron chi connectivity index (χ2n) is 4.88. The summed E-state index contributed by atoms with van der Waals surface area (Å²) in [5, 5.41) is 24.0. The molecule has 1 aromatic heterocycles. The van der Waals surface area contributed by atoms with Crippen LogP contribution < -0.4 is 5.56 Å². The molecule has 1 heterocycles. The van der Waals surface area contributed by atoms with E-state index in [1.165, 1.54) is 18.2 Å². The summed E-state index contributed by atoms with van der Waals surface area (Å²) in [6.07, 6.45) is 3.74. The van der Waals surface area contributed by atoms with Gasteiger partial charge in [-0.2, -0.15) is 0 Å². The number of rotatable bonds is 3. The van der Waals surface area contributed by atoms with E-state index in [9.17, 15) is 15.0 Å². The van der Waals surface area contributed by atoms with Crippen LogP contribution in [0.5, 0.6) is 11.5 Å². The van der Waals surface area contributed by atoms with Gasteiger partial charge in [-0.3, -0.25) is 15.0 Å². The number of aromatic hydroxyl groups is 2. The molecule has 0 amide bonds. The third-order valence-corrected chi connectivity index (χ3v) is 3.29. The van der Waals surface area contributed by atoms with Gasteiger partial charge in [0.1, 0.15) is 0 Å². The number of H-pyrrole nitrogens is 2. The molecule has 3 rings (SSSR count). The average molecular weight is 294 g/mol. The first kappa shape index (κ1) is 13.8. The lowest BCUT2D eigenvalue weighted by atomic mass is 10.1. The summed E-state index contributed by atoms with van der Waals surface area (Å²) in [4.78, 5) is 11.1. The molecule has 5 heteroatoms. The minimum Gasteiger partial charge on any atom is -0.504 e. The SMILES string of the molecule is O=c1cc(-c2ccc(/C=C/c3ccc(O)c(O)c3)cc2)[nH][nH]1. The van der Waals surface area contributed by atoms with Crippen molar-refractivity contribution < 1.29 is 10.2 Å². The Labute approximate surface area is 126 Å². The molecule has 0 aliphatic carbocycles. The Balaban J connectivity index is 1.79. The topological polar surface area (TPSA) is 89.1 Å². The quantitative estimate of drug-likeness (QED) is 0.442. The predicted octanol–water partition coefficient (Wildman–Crippen LogP) is 2.95. The minimum absolute atomic E-state index is 0.137. The van der Waals surface area contributed by atoms with E-state index < -0.39 is 0 Å². The fourth-order valence-electron chi connectivity index (χ4n) is 2.10. The number of aromatic nitrogens is 2. The highest BCUT2D eigenvalue weighted by atomic mass is 16.3. The maximum absolute atomic E-state index is 11.1. The molecule has 0 unspecified atom stereocenters. The largest absolute Gasteiger partial charge is 0.504 e. The summed E-state index contributed by atoms with van der Waals surface area (Å²) >= 11 is 0. The Morgan fingerprint density at radius 1 is 0.773 bits per heavy atom. The molecule has 0 bridgehead atoms. The molecule has 4 N–H and O–H groups in total. The molecule has 0 aliphatic rings. The average Bonchev–Trinajstić information content (AvgIpc) is 2.95. The van der Waals surface area contributed by atoms with Crippen LogP contribution in [0.4, 0.5) is 0 Å². The van der Waals surface area contributed by atoms with Crippen molar-refractivity contribution in [1.29, 1.82) is 0 Å². The van der Waals surface area contributed by atoms with Crippen LogP contribution in [-0.2, 0) is 0 Å². The van der Waals surface area contributed by atoms with Gasteiger partial charge in [-0.05, 0) is 28.8 Å². The summed E-state index contributed by atoms with van der Waals surface area (Å²) in [5.74, 6) is -0.282. The number of phenols is 2. The molecule has 0 fully saturated rings. The van der Waals surface area contributed by atoms with E-state index in [1.807, 2.05) is 36.4 Å². The van der Waals surface area contributed by atoms with Crippen LogP contribution in [0, 0.1) is 0 Å². The molecule has 0 radical (unpaired) electrons. The molecule has 0 saturated heterocycles. The predicted molar refractivity (Wildman–Crippen MR) is 85.5 cm³/mol. The van der Waals surface area contributed by atoms with Crippen LogP contribution >= 0.6 is 0 Å². The first-order chi connectivity index (χ1) is 10.6. The number of aromatic amines is 2. The summed E-state index contributed by atoms with van der Waals surface area (Å²) in [6.45, 7) is 0. The van der Waals surface area contributed by atoms with E-state index in [4.69, 9.17) is 0 Å². The zero-order chi connectivity index (χ0) is 15.5. The zero-order valence-corrected chi connectivity index (χ0v) is 11.6. The standard InChI is InChI=1S/C17H14N2O3/c20-15-8-5-12(9-16(15)21)2-1-11-3-6-13(7-4-11)14-10-17(22)19-18-14/h1-10,20-21H,(H2,18,19,22)/b2-1+. The van der Waals surface area contributed by atoms with Crippen molar-refractivity contribution in [2.45, 2.75) is 0 Å². The van der Waals surface area contributed by atoms with Crippen molar-refractivity contribution in [3.05, 3.63) is 70.0 Å². The maximum atomic E-state index is 11.1. The Kier molecular flexibility index (Phi) is 3.53. The molecule has 3 aromatic rings. The zero-order valence-electron chi connectivity index (χ0n) is 11.6. The molecule has 2 aromatic carbocycles. The van der Waals surface area contributed by atoms with Crippen molar-refractivity contribution in [2.75, 3.05) is 0 Å². The normalized spacial score (nSPS) is 11.1. The van der Waals surface area contributed by atoms with Gasteiger partial charge in [0.2, 0.25) is 0 Å². The Bertz CT molecular complexity index is 873. The van der Waals surface area contributed by atoms with Gasteiger partial charge in [-0.15, -0.1) is 0 Å². The van der Waals surface area contributed by atoms with Crippen LogP contribution in [-0.4, -0.2) is 20.4 Å². The van der Waals surface area contributed by atoms with E-state index >= 15 is 0 Å². The fourth-order valence-corrected chi connectivity index (χ4v) is 2.10. The van der Waals surface area contributed by atoms with Crippen LogP contribution in [0.1, 0.15) is 11.1 Å². The first-order valence-corrected chi connectivity index (χ1v) is 6.70. The van der Waals surface area contributed by atoms with Crippen LogP contribution in [0.3, 0.4) is 0 Å². The summed E-state index contributed by atoms with van der Waals surface area (Å²) in [5.41, 5.74) is 3.26. The van der Waals surface area contributed by atoms with Gasteiger partial charge in [0, 0.05) is 6.07 Å². The fraction of sp³-hybridized carbons (Fsp3) is 0. The summed E-state index contributed by atoms with van der Waals surface area (Å²) in [6, 6.07) is 13.8. The number of nitrogens with one attached hydrogen (secondary N) is 2. The van der Waals surface area contributed by atoms with Crippen LogP contribution in [0.25, 0.3) is 23.4 Å². The third kappa shape index (κ3) is 2.93. The van der Waals surface area contributed by atoms with E-state index in [0.717, 1.165) is 22.4 Å². The van der Waals surface area contributed by atoms with Crippen LogP contribution in [0.15, 0.2) is 53.3 Å². The Morgan fingerprint density at radius 2 is 1.45 bits per heavy atom. The van der Waals surface area contributed by atoms with Gasteiger partial charge in [0.15, 0.2) is 11.5 Å². The highest BCUT2D eigenvalue weighted by Crippen LogP contribution is 2.26. The van der Waals surface area contributed by atoms with E-state index in [-0.39, 0.29) is 17.1 Å². The number of benzene rings is 2. The van der Waals surface area contributed by atoms with Gasteiger partial charge in [0.25, 0.3) is 5.56 Å². The minimum atomic E-state index is -0.161. The van der Waals surface area contributed by atoms with Crippen molar-refractivity contribution in [3.63, 3.8) is 0 Å². The lowest BCUT2D eigenvalue weighted by Crippen LogP contribution is -1.93. The van der Waals surface area contributed by atoms with Crippen molar-refractivity contribution >= 4 is 12.2 Å². The van der Waals surface area contributed by atoms with Gasteiger partial charge in [-0.25, -0.2) is 0 Å². The molecule has 5 nitrogen and oxygen atoms in total. The number of hydrogen-bond acceptors (Lipinski definition) is 3. The lowest BCUT2D eigenvalue weighted by Gasteiger charge is -2.00. The molecule has 110 valence electrons. The molecular weight excluding hydrogens is 280 g/mol. The highest BCUT2D eigenvalue weighted by molar-refractivity contribution is 5.72. The lowest BCUT2D eigenvalue weighted by molar-refractivity contribution is 0.403. The molecule has 22 heavy (non-hydrogen) atoms. The van der Waals surface area contributed by atoms with Gasteiger partial charge < -0.3 is 10.2 Å². The smallest absolute Gasteiger partial charge is 0.264 e. The highest BCUT2D eigenvalue weighted by Gasteiger charge is 2.00. The van der Waals surface area contributed by atoms with E-state index in [2.05, 4.69) is 10.2 Å². The summed E-state index contributed by atoms with van der Waals surface area (Å²) < 4.78 is 0. The van der Waals surface area contributed by atoms with E-state index in [0.29, 0.717) is 0 Å². The monoisotopic (exact) mass is 294 g/mol. The van der Waals surface area contributed by atoms with Crippen molar-refractivity contribution in [3.8, 4) is 22.8 Å². The molecular formula is C17H14N2O3. The maximum Gasteiger partial charge on any atom is 0.264 e. The first-order valence-electron chi connectivity index (χ1n) is 6.70. The van der Waals surface area contributed by atoms with Crippen molar-refractivity contribution in [2.24, 2.45) is 0 Å². The van der Waals surface area contributed by atoms with E-state index in [1.54, 1.807) is 6.07 Å². The summed E-state index contributed by atoms with van der Waals surface area (Å²) in [7, 11) is 0. The van der Waals surface area contributed by atoms with Crippen molar-refractivity contribution in [1.82, 2.24) is 10.2 Å². The Morgan fingerprint density at radius 3 is 2.09 bits per heavy atom. The van der Waals surface area contributed by atoms with Gasteiger partial charge in [0.05, 0.1) is 5.69 Å². The second kappa shape index (κ2) is 5.65. The molecule has 0 atom stereocenters. The van der Waals surface area contributed by atoms with Gasteiger partial charge in [-0.1, -0.05) is 42.5 Å². The number of phenolic OH excluding ortho intramolecular Hbond substituents is 2. The Hall–Kier alpha value is -3.21. The molecule has 0 spiro atoms. The molecule has 0 aliphatic heterocycles. The van der Waals surface area contributed by atoms with Crippen LogP contribution in [0.2, 0.25) is 0 Å². The van der Waals surface area contributed by atoms with Gasteiger partial charge >= 0.3 is 0 Å². The molecule has 0 saturated carbocycles. The third-order valence-electron chi connectivity index (χ3n) is 3.29. The number of hydrogen-bond donors (Lipinski definition) is 4. The second-order valence-corrected chi connectivity index (χ2v) is 4.88.